The molecule has 1 heterocycles. The second-order valence-corrected chi connectivity index (χ2v) is 7.78. The fourth-order valence-electron chi connectivity index (χ4n) is 2.38. The van der Waals surface area contributed by atoms with Crippen LogP contribution in [0.3, 0.4) is 0 Å². The van der Waals surface area contributed by atoms with E-state index >= 15 is 0 Å². The fourth-order valence-corrected chi connectivity index (χ4v) is 5.06. The first-order valence-electron chi connectivity index (χ1n) is 6.25. The molecule has 16 heavy (non-hydrogen) atoms. The molecule has 96 valence electrons. The maximum absolute atomic E-state index is 12.5. The summed E-state index contributed by atoms with van der Waals surface area (Å²) in [6.45, 7) is 10.8. The molecular weight excluding hydrogens is 222 g/mol. The van der Waals surface area contributed by atoms with Crippen molar-refractivity contribution in [2.45, 2.75) is 64.7 Å². The number of hydrogen-bond donors (Lipinski definition) is 0. The first-order valence-corrected chi connectivity index (χ1v) is 7.75. The molecule has 0 spiro atoms. The van der Waals surface area contributed by atoms with Gasteiger partial charge in [-0.25, -0.2) is 8.42 Å². The van der Waals surface area contributed by atoms with Crippen molar-refractivity contribution in [2.75, 3.05) is 6.54 Å². The Bertz CT molecular complexity index is 333. The Morgan fingerprint density at radius 1 is 1.38 bits per heavy atom. The molecule has 0 radical (unpaired) electrons. The summed E-state index contributed by atoms with van der Waals surface area (Å²) in [4.78, 5) is 0. The van der Waals surface area contributed by atoms with E-state index in [4.69, 9.17) is 0 Å². The second-order valence-electron chi connectivity index (χ2n) is 5.71. The number of rotatable bonds is 3. The molecule has 1 unspecified atom stereocenters. The first-order chi connectivity index (χ1) is 7.23. The van der Waals surface area contributed by atoms with Gasteiger partial charge in [-0.2, -0.15) is 4.31 Å². The van der Waals surface area contributed by atoms with Gasteiger partial charge in [0.05, 0.1) is 5.25 Å². The lowest BCUT2D eigenvalue weighted by molar-refractivity contribution is 0.198. The SMILES string of the molecule is CCC(C)(C)N1CCCC(C(C)C)S1(=O)=O. The molecule has 0 amide bonds. The smallest absolute Gasteiger partial charge is 0.212 e. The largest absolute Gasteiger partial charge is 0.217 e. The molecule has 4 heteroatoms. The van der Waals surface area contributed by atoms with Crippen LogP contribution < -0.4 is 0 Å². The van der Waals surface area contributed by atoms with Crippen LogP contribution in [0.2, 0.25) is 0 Å². The molecule has 3 nitrogen and oxygen atoms in total. The van der Waals surface area contributed by atoms with Gasteiger partial charge in [-0.3, -0.25) is 0 Å². The van der Waals surface area contributed by atoms with Crippen molar-refractivity contribution >= 4 is 10.0 Å². The summed E-state index contributed by atoms with van der Waals surface area (Å²) in [6.07, 6.45) is 2.67. The lowest BCUT2D eigenvalue weighted by Crippen LogP contribution is -2.54. The van der Waals surface area contributed by atoms with Gasteiger partial charge < -0.3 is 0 Å². The molecule has 0 aromatic heterocycles. The topological polar surface area (TPSA) is 37.4 Å². The second kappa shape index (κ2) is 4.65. The van der Waals surface area contributed by atoms with Gasteiger partial charge in [0.25, 0.3) is 0 Å². The predicted octanol–water partition coefficient (Wildman–Crippen LogP) is 2.63. The van der Waals surface area contributed by atoms with Gasteiger partial charge in [0.15, 0.2) is 0 Å². The van der Waals surface area contributed by atoms with Crippen LogP contribution in [0, 0.1) is 5.92 Å². The molecule has 0 aliphatic carbocycles. The molecule has 0 aromatic carbocycles. The van der Waals surface area contributed by atoms with E-state index in [1.807, 2.05) is 27.7 Å². The summed E-state index contributed by atoms with van der Waals surface area (Å²) >= 11 is 0. The summed E-state index contributed by atoms with van der Waals surface area (Å²) in [5.41, 5.74) is -0.244. The number of sulfonamides is 1. The molecule has 1 saturated heterocycles. The third kappa shape index (κ3) is 2.43. The van der Waals surface area contributed by atoms with Gasteiger partial charge in [0.1, 0.15) is 0 Å². The molecule has 1 aliphatic heterocycles. The molecule has 0 bridgehead atoms. The van der Waals surface area contributed by atoms with E-state index in [0.717, 1.165) is 19.3 Å². The summed E-state index contributed by atoms with van der Waals surface area (Å²) in [6, 6.07) is 0. The zero-order valence-corrected chi connectivity index (χ0v) is 12.0. The average Bonchev–Trinajstić information content (AvgIpc) is 2.15. The van der Waals surface area contributed by atoms with E-state index in [0.29, 0.717) is 6.54 Å². The van der Waals surface area contributed by atoms with Crippen molar-refractivity contribution in [1.82, 2.24) is 4.31 Å². The zero-order chi connectivity index (χ0) is 12.6. The van der Waals surface area contributed by atoms with Crippen molar-refractivity contribution in [3.05, 3.63) is 0 Å². The number of hydrogen-bond acceptors (Lipinski definition) is 2. The van der Waals surface area contributed by atoms with Crippen LogP contribution in [0.4, 0.5) is 0 Å². The fraction of sp³-hybridized carbons (Fsp3) is 1.00. The van der Waals surface area contributed by atoms with Crippen LogP contribution in [0.1, 0.15) is 53.9 Å². The van der Waals surface area contributed by atoms with Crippen LogP contribution in [-0.4, -0.2) is 30.1 Å². The van der Waals surface area contributed by atoms with Crippen LogP contribution in [0.15, 0.2) is 0 Å². The molecule has 0 N–H and O–H groups in total. The summed E-state index contributed by atoms with van der Waals surface area (Å²) in [5, 5.41) is -0.188. The van der Waals surface area contributed by atoms with Crippen LogP contribution in [0.25, 0.3) is 0 Å². The normalized spacial score (nSPS) is 27.2. The van der Waals surface area contributed by atoms with Gasteiger partial charge in [0, 0.05) is 12.1 Å². The van der Waals surface area contributed by atoms with E-state index in [1.165, 1.54) is 0 Å². The Labute approximate surface area is 100 Å². The summed E-state index contributed by atoms with van der Waals surface area (Å²) in [7, 11) is -3.10. The molecule has 0 saturated carbocycles. The van der Waals surface area contributed by atoms with Crippen LogP contribution in [0.5, 0.6) is 0 Å². The highest BCUT2D eigenvalue weighted by Gasteiger charge is 2.43. The van der Waals surface area contributed by atoms with E-state index in [1.54, 1.807) is 4.31 Å². The van der Waals surface area contributed by atoms with Gasteiger partial charge >= 0.3 is 0 Å². The van der Waals surface area contributed by atoms with E-state index < -0.39 is 10.0 Å². The maximum atomic E-state index is 12.5. The highest BCUT2D eigenvalue weighted by atomic mass is 32.2. The lowest BCUT2D eigenvalue weighted by atomic mass is 10.0. The third-order valence-electron chi connectivity index (χ3n) is 3.82. The van der Waals surface area contributed by atoms with Gasteiger partial charge in [-0.1, -0.05) is 20.8 Å². The van der Waals surface area contributed by atoms with Gasteiger partial charge in [-0.05, 0) is 39.0 Å². The Kier molecular flexibility index (Phi) is 4.06. The van der Waals surface area contributed by atoms with Crippen molar-refractivity contribution < 1.29 is 8.42 Å². The first kappa shape index (κ1) is 14.0. The Morgan fingerprint density at radius 2 is 1.94 bits per heavy atom. The van der Waals surface area contributed by atoms with Gasteiger partial charge in [0.2, 0.25) is 10.0 Å². The average molecular weight is 247 g/mol. The summed E-state index contributed by atoms with van der Waals surface area (Å²) in [5.74, 6) is 0.209. The third-order valence-corrected chi connectivity index (χ3v) is 6.66. The molecule has 1 rings (SSSR count). The highest BCUT2D eigenvalue weighted by molar-refractivity contribution is 7.89. The van der Waals surface area contributed by atoms with Crippen LogP contribution in [-0.2, 0) is 10.0 Å². The maximum Gasteiger partial charge on any atom is 0.217 e. The van der Waals surface area contributed by atoms with Crippen molar-refractivity contribution in [2.24, 2.45) is 5.92 Å². The predicted molar refractivity (Wildman–Crippen MR) is 67.9 cm³/mol. The van der Waals surface area contributed by atoms with E-state index in [2.05, 4.69) is 6.92 Å². The number of nitrogens with zero attached hydrogens (tertiary/aromatic N) is 1. The van der Waals surface area contributed by atoms with Crippen LogP contribution >= 0.6 is 0 Å². The Morgan fingerprint density at radius 3 is 2.38 bits per heavy atom. The van der Waals surface area contributed by atoms with Gasteiger partial charge in [-0.15, -0.1) is 0 Å². The Balaban J connectivity index is 3.05. The molecule has 1 atom stereocenters. The monoisotopic (exact) mass is 247 g/mol. The minimum atomic E-state index is -3.10. The van der Waals surface area contributed by atoms with Crippen molar-refractivity contribution in [3.8, 4) is 0 Å². The quantitative estimate of drug-likeness (QED) is 0.769. The minimum absolute atomic E-state index is 0.188. The highest BCUT2D eigenvalue weighted by Crippen LogP contribution is 2.33. The van der Waals surface area contributed by atoms with Crippen molar-refractivity contribution in [3.63, 3.8) is 0 Å². The van der Waals surface area contributed by atoms with Crippen molar-refractivity contribution in [1.29, 1.82) is 0 Å². The zero-order valence-electron chi connectivity index (χ0n) is 11.2. The standard InChI is InChI=1S/C12H25NO2S/c1-6-12(4,5)13-9-7-8-11(10(2)3)16(13,14)15/h10-11H,6-9H2,1-5H3. The molecular formula is C12H25NO2S. The van der Waals surface area contributed by atoms with E-state index in [9.17, 15) is 8.42 Å². The molecule has 0 aromatic rings. The summed E-state index contributed by atoms with van der Waals surface area (Å²) < 4.78 is 26.7. The molecule has 1 aliphatic rings. The molecule has 1 fully saturated rings. The van der Waals surface area contributed by atoms with E-state index in [-0.39, 0.29) is 16.7 Å². The lowest BCUT2D eigenvalue weighted by Gasteiger charge is -2.43. The Hall–Kier alpha value is -0.0900. The minimum Gasteiger partial charge on any atom is -0.212 e.